The molecule has 20 heavy (non-hydrogen) atoms. The van der Waals surface area contributed by atoms with E-state index in [4.69, 9.17) is 4.74 Å². The maximum Gasteiger partial charge on any atom is 0.237 e. The van der Waals surface area contributed by atoms with Crippen LogP contribution in [0.25, 0.3) is 0 Å². The molecular formula is C15H15N3O2. The molecule has 1 heterocycles. The van der Waals surface area contributed by atoms with Crippen molar-refractivity contribution in [2.45, 2.75) is 13.3 Å². The van der Waals surface area contributed by atoms with Crippen molar-refractivity contribution in [3.63, 3.8) is 0 Å². The molecule has 2 aromatic rings. The lowest BCUT2D eigenvalue weighted by Gasteiger charge is -2.07. The van der Waals surface area contributed by atoms with Crippen LogP contribution < -0.4 is 10.1 Å². The number of benzene rings is 1. The number of carbonyl (C=O) groups is 1. The minimum atomic E-state index is 0.0779. The van der Waals surface area contributed by atoms with Crippen molar-refractivity contribution in [3.8, 4) is 11.6 Å². The van der Waals surface area contributed by atoms with Crippen LogP contribution in [0.5, 0.6) is 11.6 Å². The van der Waals surface area contributed by atoms with E-state index in [-0.39, 0.29) is 11.8 Å². The second kappa shape index (κ2) is 5.28. The van der Waals surface area contributed by atoms with Crippen molar-refractivity contribution < 1.29 is 9.53 Å². The Labute approximate surface area is 117 Å². The van der Waals surface area contributed by atoms with Gasteiger partial charge in [-0.2, -0.15) is 0 Å². The number of hydrogen-bond acceptors (Lipinski definition) is 4. The fourth-order valence-corrected chi connectivity index (χ4v) is 2.02. The zero-order chi connectivity index (χ0) is 13.9. The second-order valence-electron chi connectivity index (χ2n) is 4.98. The van der Waals surface area contributed by atoms with Gasteiger partial charge < -0.3 is 10.1 Å². The van der Waals surface area contributed by atoms with Crippen molar-refractivity contribution in [1.29, 1.82) is 0 Å². The number of nitrogens with zero attached hydrogens (tertiary/aromatic N) is 2. The molecule has 0 bridgehead atoms. The fraction of sp³-hybridized carbons (Fsp3) is 0.267. The van der Waals surface area contributed by atoms with Gasteiger partial charge in [0.15, 0.2) is 0 Å². The number of anilines is 1. The van der Waals surface area contributed by atoms with Crippen molar-refractivity contribution in [2.75, 3.05) is 5.32 Å². The van der Waals surface area contributed by atoms with Gasteiger partial charge in [0.2, 0.25) is 11.8 Å². The Balaban J connectivity index is 1.68. The molecular weight excluding hydrogens is 254 g/mol. The van der Waals surface area contributed by atoms with Crippen LogP contribution in [0.4, 0.5) is 5.69 Å². The number of hydrogen-bond donors (Lipinski definition) is 1. The lowest BCUT2D eigenvalue weighted by molar-refractivity contribution is -0.117. The number of aromatic nitrogens is 2. The van der Waals surface area contributed by atoms with Crippen LogP contribution in [0.15, 0.2) is 42.9 Å². The van der Waals surface area contributed by atoms with Crippen LogP contribution in [-0.2, 0) is 4.79 Å². The predicted octanol–water partition coefficient (Wildman–Crippen LogP) is 2.86. The highest BCUT2D eigenvalue weighted by atomic mass is 16.5. The van der Waals surface area contributed by atoms with Gasteiger partial charge in [-0.05, 0) is 24.5 Å². The number of amides is 1. The maximum atomic E-state index is 11.9. The smallest absolute Gasteiger partial charge is 0.237 e. The minimum Gasteiger partial charge on any atom is -0.437 e. The molecule has 1 aliphatic carbocycles. The molecule has 0 saturated heterocycles. The van der Waals surface area contributed by atoms with Gasteiger partial charge in [-0.15, -0.1) is 0 Å². The zero-order valence-electron chi connectivity index (χ0n) is 11.1. The van der Waals surface area contributed by atoms with E-state index in [1.165, 1.54) is 6.20 Å². The molecule has 3 rings (SSSR count). The Morgan fingerprint density at radius 3 is 2.95 bits per heavy atom. The maximum absolute atomic E-state index is 11.9. The van der Waals surface area contributed by atoms with Gasteiger partial charge >= 0.3 is 0 Å². The van der Waals surface area contributed by atoms with Crippen LogP contribution in [0.2, 0.25) is 0 Å². The van der Waals surface area contributed by atoms with Gasteiger partial charge in [0.1, 0.15) is 5.75 Å². The lowest BCUT2D eigenvalue weighted by Crippen LogP contribution is -2.14. The van der Waals surface area contributed by atoms with Gasteiger partial charge in [0.05, 0.1) is 6.20 Å². The summed E-state index contributed by atoms with van der Waals surface area (Å²) in [5, 5.41) is 2.91. The molecule has 102 valence electrons. The highest BCUT2D eigenvalue weighted by Gasteiger charge is 2.39. The third-order valence-corrected chi connectivity index (χ3v) is 3.31. The average Bonchev–Trinajstić information content (AvgIpc) is 3.18. The molecule has 1 amide bonds. The van der Waals surface area contributed by atoms with Gasteiger partial charge in [-0.25, -0.2) is 4.98 Å². The van der Waals surface area contributed by atoms with Crippen molar-refractivity contribution >= 4 is 11.6 Å². The van der Waals surface area contributed by atoms with E-state index >= 15 is 0 Å². The number of nitrogens with one attached hydrogen (secondary N) is 1. The molecule has 1 saturated carbocycles. The van der Waals surface area contributed by atoms with Crippen LogP contribution in [0.3, 0.4) is 0 Å². The Kier molecular flexibility index (Phi) is 3.33. The van der Waals surface area contributed by atoms with Crippen LogP contribution in [-0.4, -0.2) is 15.9 Å². The average molecular weight is 269 g/mol. The molecule has 0 spiro atoms. The topological polar surface area (TPSA) is 64.1 Å². The quantitative estimate of drug-likeness (QED) is 0.927. The predicted molar refractivity (Wildman–Crippen MR) is 74.4 cm³/mol. The summed E-state index contributed by atoms with van der Waals surface area (Å²) in [5.74, 6) is 1.77. The third-order valence-electron chi connectivity index (χ3n) is 3.31. The first-order valence-electron chi connectivity index (χ1n) is 6.57. The van der Waals surface area contributed by atoms with E-state index in [1.54, 1.807) is 18.5 Å². The van der Waals surface area contributed by atoms with Crippen LogP contribution in [0.1, 0.15) is 13.3 Å². The monoisotopic (exact) mass is 269 g/mol. The summed E-state index contributed by atoms with van der Waals surface area (Å²) in [6.07, 6.45) is 5.66. The molecule has 1 fully saturated rings. The molecule has 1 N–H and O–H groups in total. The summed E-state index contributed by atoms with van der Waals surface area (Å²) >= 11 is 0. The summed E-state index contributed by atoms with van der Waals surface area (Å²) in [4.78, 5) is 19.9. The minimum absolute atomic E-state index is 0.0779. The molecule has 2 atom stereocenters. The summed E-state index contributed by atoms with van der Waals surface area (Å²) < 4.78 is 5.57. The standard InChI is InChI=1S/C15H15N3O2/c1-10-7-13(10)15(19)18-11-3-2-4-12(8-11)20-14-9-16-5-6-17-14/h2-6,8-10,13H,7H2,1H3,(H,18,19)/t10-,13-/m0/s1. The number of ether oxygens (including phenoxy) is 1. The normalized spacial score (nSPS) is 20.2. The third kappa shape index (κ3) is 2.93. The van der Waals surface area contributed by atoms with E-state index in [1.807, 2.05) is 18.2 Å². The van der Waals surface area contributed by atoms with Crippen molar-refractivity contribution in [1.82, 2.24) is 9.97 Å². The highest BCUT2D eigenvalue weighted by Crippen LogP contribution is 2.38. The van der Waals surface area contributed by atoms with Crippen LogP contribution in [0, 0.1) is 11.8 Å². The molecule has 0 aliphatic heterocycles. The molecule has 1 aliphatic rings. The molecule has 0 unspecified atom stereocenters. The largest absolute Gasteiger partial charge is 0.437 e. The second-order valence-corrected chi connectivity index (χ2v) is 4.98. The van der Waals surface area contributed by atoms with Gasteiger partial charge in [0, 0.05) is 30.1 Å². The molecule has 5 heteroatoms. The lowest BCUT2D eigenvalue weighted by atomic mass is 10.2. The van der Waals surface area contributed by atoms with Crippen molar-refractivity contribution in [2.24, 2.45) is 11.8 Å². The number of rotatable bonds is 4. The first kappa shape index (κ1) is 12.6. The SMILES string of the molecule is C[C@H]1C[C@@H]1C(=O)Nc1cccc(Oc2cnccn2)c1. The van der Waals surface area contributed by atoms with Crippen LogP contribution >= 0.6 is 0 Å². The molecule has 5 nitrogen and oxygen atoms in total. The van der Waals surface area contributed by atoms with Gasteiger partial charge in [-0.1, -0.05) is 13.0 Å². The summed E-state index contributed by atoms with van der Waals surface area (Å²) in [5.41, 5.74) is 0.732. The highest BCUT2D eigenvalue weighted by molar-refractivity contribution is 5.94. The Bertz CT molecular complexity index is 616. The molecule has 1 aromatic heterocycles. The molecule has 1 aromatic carbocycles. The van der Waals surface area contributed by atoms with E-state index < -0.39 is 0 Å². The number of carbonyl (C=O) groups excluding carboxylic acids is 1. The van der Waals surface area contributed by atoms with E-state index in [0.29, 0.717) is 17.5 Å². The van der Waals surface area contributed by atoms with E-state index in [2.05, 4.69) is 22.2 Å². The first-order chi connectivity index (χ1) is 9.72. The summed E-state index contributed by atoms with van der Waals surface area (Å²) in [6, 6.07) is 7.26. The zero-order valence-corrected chi connectivity index (χ0v) is 11.1. The van der Waals surface area contributed by atoms with Crippen molar-refractivity contribution in [3.05, 3.63) is 42.9 Å². The first-order valence-corrected chi connectivity index (χ1v) is 6.57. The molecule has 0 radical (unpaired) electrons. The van der Waals surface area contributed by atoms with Gasteiger partial charge in [-0.3, -0.25) is 9.78 Å². The Morgan fingerprint density at radius 1 is 1.40 bits per heavy atom. The summed E-state index contributed by atoms with van der Waals surface area (Å²) in [6.45, 7) is 2.08. The Hall–Kier alpha value is -2.43. The van der Waals surface area contributed by atoms with Gasteiger partial charge in [0.25, 0.3) is 0 Å². The van der Waals surface area contributed by atoms with E-state index in [9.17, 15) is 4.79 Å². The summed E-state index contributed by atoms with van der Waals surface area (Å²) in [7, 11) is 0. The Morgan fingerprint density at radius 2 is 2.25 bits per heavy atom. The van der Waals surface area contributed by atoms with E-state index in [0.717, 1.165) is 12.1 Å². The fourth-order valence-electron chi connectivity index (χ4n) is 2.02.